The van der Waals surface area contributed by atoms with Crippen molar-refractivity contribution >= 4 is 23.5 Å². The molecule has 0 aromatic heterocycles. The van der Waals surface area contributed by atoms with E-state index in [1.54, 1.807) is 24.3 Å². The number of nitrogens with one attached hydrogen (secondary N) is 1. The Morgan fingerprint density at radius 3 is 2.39 bits per heavy atom. The summed E-state index contributed by atoms with van der Waals surface area (Å²) in [4.78, 5) is 22.4. The Morgan fingerprint density at radius 2 is 1.94 bits per heavy atom. The van der Waals surface area contributed by atoms with E-state index < -0.39 is 24.0 Å². The Morgan fingerprint density at radius 1 is 1.39 bits per heavy atom. The highest BCUT2D eigenvalue weighted by Gasteiger charge is 2.21. The highest BCUT2D eigenvalue weighted by molar-refractivity contribution is 6.30. The predicted octanol–water partition coefficient (Wildman–Crippen LogP) is 0.799. The molecular formula is C12H15ClN2O3. The number of hydrogen-bond acceptors (Lipinski definition) is 3. The Bertz CT molecular complexity index is 431. The highest BCUT2D eigenvalue weighted by atomic mass is 35.5. The molecule has 2 atom stereocenters. The van der Waals surface area contributed by atoms with Crippen LogP contribution in [0.5, 0.6) is 0 Å². The van der Waals surface area contributed by atoms with Crippen LogP contribution >= 0.6 is 11.6 Å². The zero-order valence-corrected chi connectivity index (χ0v) is 10.6. The molecule has 0 saturated heterocycles. The molecule has 6 heteroatoms. The lowest BCUT2D eigenvalue weighted by atomic mass is 10.1. The average molecular weight is 271 g/mol. The molecule has 18 heavy (non-hydrogen) atoms. The Hall–Kier alpha value is -1.59. The number of halogens is 1. The number of hydrogen-bond donors (Lipinski definition) is 3. The summed E-state index contributed by atoms with van der Waals surface area (Å²) in [5.41, 5.74) is 6.15. The number of aliphatic carboxylic acids is 1. The molecule has 0 fully saturated rings. The molecule has 0 radical (unpaired) electrons. The summed E-state index contributed by atoms with van der Waals surface area (Å²) >= 11 is 5.73. The molecule has 0 unspecified atom stereocenters. The summed E-state index contributed by atoms with van der Waals surface area (Å²) in [7, 11) is 0. The zero-order chi connectivity index (χ0) is 13.7. The number of rotatable bonds is 5. The topological polar surface area (TPSA) is 92.4 Å². The van der Waals surface area contributed by atoms with Crippen molar-refractivity contribution in [3.8, 4) is 0 Å². The first kappa shape index (κ1) is 14.5. The maximum Gasteiger partial charge on any atom is 0.326 e. The number of nitrogens with two attached hydrogens (primary N) is 1. The first-order valence-electron chi connectivity index (χ1n) is 5.43. The summed E-state index contributed by atoms with van der Waals surface area (Å²) in [6.07, 6.45) is 0.185. The molecule has 0 bridgehead atoms. The zero-order valence-electron chi connectivity index (χ0n) is 9.89. The van der Waals surface area contributed by atoms with E-state index in [1.165, 1.54) is 6.92 Å². The van der Waals surface area contributed by atoms with Crippen LogP contribution in [0.1, 0.15) is 12.5 Å². The largest absolute Gasteiger partial charge is 0.480 e. The van der Waals surface area contributed by atoms with E-state index in [2.05, 4.69) is 5.32 Å². The van der Waals surface area contributed by atoms with Crippen LogP contribution in [-0.2, 0) is 16.0 Å². The van der Waals surface area contributed by atoms with Gasteiger partial charge in [0.15, 0.2) is 0 Å². The minimum Gasteiger partial charge on any atom is -0.480 e. The average Bonchev–Trinajstić information content (AvgIpc) is 2.30. The lowest BCUT2D eigenvalue weighted by Crippen LogP contribution is -2.48. The van der Waals surface area contributed by atoms with Crippen LogP contribution in [0.2, 0.25) is 5.02 Å². The lowest BCUT2D eigenvalue weighted by molar-refractivity contribution is -0.141. The van der Waals surface area contributed by atoms with Crippen molar-refractivity contribution in [2.24, 2.45) is 5.73 Å². The lowest BCUT2D eigenvalue weighted by Gasteiger charge is -2.16. The Balaban J connectivity index is 2.72. The second-order valence-electron chi connectivity index (χ2n) is 4.02. The van der Waals surface area contributed by atoms with Crippen LogP contribution < -0.4 is 11.1 Å². The van der Waals surface area contributed by atoms with Gasteiger partial charge in [0, 0.05) is 11.4 Å². The fourth-order valence-corrected chi connectivity index (χ4v) is 1.49. The Kier molecular flexibility index (Phi) is 5.12. The molecule has 4 N–H and O–H groups in total. The molecule has 0 aliphatic rings. The van der Waals surface area contributed by atoms with Crippen molar-refractivity contribution in [2.75, 3.05) is 0 Å². The van der Waals surface area contributed by atoms with Crippen molar-refractivity contribution in [1.82, 2.24) is 5.32 Å². The van der Waals surface area contributed by atoms with Gasteiger partial charge in [0.25, 0.3) is 0 Å². The molecular weight excluding hydrogens is 256 g/mol. The molecule has 0 aliphatic heterocycles. The van der Waals surface area contributed by atoms with Crippen LogP contribution in [0.15, 0.2) is 24.3 Å². The van der Waals surface area contributed by atoms with Gasteiger partial charge >= 0.3 is 5.97 Å². The van der Waals surface area contributed by atoms with Crippen molar-refractivity contribution in [3.63, 3.8) is 0 Å². The van der Waals surface area contributed by atoms with Gasteiger partial charge in [0.2, 0.25) is 5.91 Å². The van der Waals surface area contributed by atoms with Gasteiger partial charge in [-0.15, -0.1) is 0 Å². The van der Waals surface area contributed by atoms with E-state index in [0.29, 0.717) is 5.02 Å². The predicted molar refractivity (Wildman–Crippen MR) is 68.4 cm³/mol. The van der Waals surface area contributed by atoms with Crippen LogP contribution in [0.4, 0.5) is 0 Å². The number of carboxylic acids is 1. The minimum atomic E-state index is -1.10. The van der Waals surface area contributed by atoms with Crippen LogP contribution in [0.25, 0.3) is 0 Å². The van der Waals surface area contributed by atoms with Crippen LogP contribution in [-0.4, -0.2) is 29.1 Å². The van der Waals surface area contributed by atoms with Crippen molar-refractivity contribution in [1.29, 1.82) is 0 Å². The SMILES string of the molecule is C[C@@H](N)C(=O)N[C@H](Cc1ccc(Cl)cc1)C(=O)O. The summed E-state index contributed by atoms with van der Waals surface area (Å²) in [5, 5.41) is 12.0. The molecule has 1 rings (SSSR count). The third-order valence-corrected chi connectivity index (χ3v) is 2.63. The number of carbonyl (C=O) groups excluding carboxylic acids is 1. The van der Waals surface area contributed by atoms with Crippen molar-refractivity contribution in [3.05, 3.63) is 34.9 Å². The van der Waals surface area contributed by atoms with Gasteiger partial charge in [0.05, 0.1) is 6.04 Å². The molecule has 0 heterocycles. The number of benzene rings is 1. The molecule has 0 spiro atoms. The van der Waals surface area contributed by atoms with Gasteiger partial charge in [0.1, 0.15) is 6.04 Å². The van der Waals surface area contributed by atoms with Crippen LogP contribution in [0.3, 0.4) is 0 Å². The summed E-state index contributed by atoms with van der Waals surface area (Å²) in [6.45, 7) is 1.50. The third-order valence-electron chi connectivity index (χ3n) is 2.38. The second kappa shape index (κ2) is 6.37. The van der Waals surface area contributed by atoms with Gasteiger partial charge in [-0.1, -0.05) is 23.7 Å². The van der Waals surface area contributed by atoms with Gasteiger partial charge in [-0.25, -0.2) is 4.79 Å². The second-order valence-corrected chi connectivity index (χ2v) is 4.46. The fourth-order valence-electron chi connectivity index (χ4n) is 1.36. The first-order chi connectivity index (χ1) is 8.40. The summed E-state index contributed by atoms with van der Waals surface area (Å²) in [6, 6.07) is 5.04. The fraction of sp³-hybridized carbons (Fsp3) is 0.333. The molecule has 5 nitrogen and oxygen atoms in total. The van der Waals surface area contributed by atoms with E-state index in [1.807, 2.05) is 0 Å². The van der Waals surface area contributed by atoms with Crippen LogP contribution in [0, 0.1) is 0 Å². The summed E-state index contributed by atoms with van der Waals surface area (Å²) in [5.74, 6) is -1.59. The van der Waals surface area contributed by atoms with E-state index in [4.69, 9.17) is 22.4 Å². The maximum absolute atomic E-state index is 11.4. The quantitative estimate of drug-likeness (QED) is 0.738. The van der Waals surface area contributed by atoms with E-state index >= 15 is 0 Å². The number of carbonyl (C=O) groups is 2. The normalized spacial score (nSPS) is 13.7. The molecule has 1 amide bonds. The Labute approximate surface area is 110 Å². The highest BCUT2D eigenvalue weighted by Crippen LogP contribution is 2.11. The molecule has 1 aromatic carbocycles. The van der Waals surface area contributed by atoms with Crippen molar-refractivity contribution < 1.29 is 14.7 Å². The van der Waals surface area contributed by atoms with Gasteiger partial charge in [-0.3, -0.25) is 4.79 Å². The van der Waals surface area contributed by atoms with Gasteiger partial charge < -0.3 is 16.2 Å². The number of amides is 1. The smallest absolute Gasteiger partial charge is 0.326 e. The minimum absolute atomic E-state index is 0.185. The van der Waals surface area contributed by atoms with Crippen molar-refractivity contribution in [2.45, 2.75) is 25.4 Å². The maximum atomic E-state index is 11.4. The summed E-state index contributed by atoms with van der Waals surface area (Å²) < 4.78 is 0. The molecule has 98 valence electrons. The third kappa shape index (κ3) is 4.35. The van der Waals surface area contributed by atoms with E-state index in [-0.39, 0.29) is 6.42 Å². The number of carboxylic acid groups (broad SMARTS) is 1. The van der Waals surface area contributed by atoms with Gasteiger partial charge in [-0.05, 0) is 24.6 Å². The first-order valence-corrected chi connectivity index (χ1v) is 5.81. The van der Waals surface area contributed by atoms with E-state index in [9.17, 15) is 9.59 Å². The van der Waals surface area contributed by atoms with E-state index in [0.717, 1.165) is 5.56 Å². The molecule has 1 aromatic rings. The van der Waals surface area contributed by atoms with Gasteiger partial charge in [-0.2, -0.15) is 0 Å². The standard InChI is InChI=1S/C12H15ClN2O3/c1-7(14)11(16)15-10(12(17)18)6-8-2-4-9(13)5-3-8/h2-5,7,10H,6,14H2,1H3,(H,15,16)(H,17,18)/t7-,10-/m1/s1. The molecule has 0 saturated carbocycles. The molecule has 0 aliphatic carbocycles. The monoisotopic (exact) mass is 270 g/mol.